The first kappa shape index (κ1) is 37.8. The number of Topliss-reactive ketones (excluding diaryl/α,β-unsaturated/α-hetero) is 2. The monoisotopic (exact) mass is 731 g/mol. The van der Waals surface area contributed by atoms with E-state index in [4.69, 9.17) is 11.6 Å². The summed E-state index contributed by atoms with van der Waals surface area (Å²) in [4.78, 5) is 52.7. The van der Waals surface area contributed by atoms with Crippen LogP contribution in [-0.2, 0) is 25.7 Å². The number of aliphatic carboxylic acids is 1. The number of hydrogen-bond donors (Lipinski definition) is 2. The van der Waals surface area contributed by atoms with E-state index in [2.05, 4.69) is 46.9 Å². The molecule has 5 fully saturated rings. The van der Waals surface area contributed by atoms with Crippen molar-refractivity contribution in [2.45, 2.75) is 132 Å². The van der Waals surface area contributed by atoms with Gasteiger partial charge in [-0.1, -0.05) is 77.8 Å². The Morgan fingerprint density at radius 1 is 0.904 bits per heavy atom. The minimum Gasteiger partial charge on any atom is -0.481 e. The molecule has 7 heteroatoms. The second-order valence-corrected chi connectivity index (χ2v) is 20.2. The molecule has 1 aromatic rings. The molecule has 11 unspecified atom stereocenters. The van der Waals surface area contributed by atoms with Crippen molar-refractivity contribution in [2.75, 3.05) is 0 Å². The number of allylic oxidation sites excluding steroid dienone is 2. The summed E-state index contributed by atoms with van der Waals surface area (Å²) in [7, 11) is 0. The molecule has 284 valence electrons. The predicted octanol–water partition coefficient (Wildman–Crippen LogP) is 9.87. The zero-order valence-electron chi connectivity index (χ0n) is 32.7. The highest BCUT2D eigenvalue weighted by Gasteiger charge is 2.66. The Hall–Kier alpha value is -2.47. The number of ketones is 2. The van der Waals surface area contributed by atoms with E-state index >= 15 is 0 Å². The Morgan fingerprint density at radius 2 is 1.60 bits per heavy atom. The van der Waals surface area contributed by atoms with Crippen molar-refractivity contribution in [3.05, 3.63) is 46.0 Å². The maximum absolute atomic E-state index is 13.9. The van der Waals surface area contributed by atoms with Gasteiger partial charge in [-0.05, 0) is 139 Å². The number of carboxylic acids is 1. The second-order valence-electron chi connectivity index (χ2n) is 19.8. The number of benzene rings is 1. The fourth-order valence-electron chi connectivity index (χ4n) is 14.2. The molecule has 6 aliphatic carbocycles. The fraction of sp³-hybridized carbons (Fsp3) is 0.733. The van der Waals surface area contributed by atoms with E-state index in [-0.39, 0.29) is 62.8 Å². The van der Waals surface area contributed by atoms with E-state index in [1.165, 1.54) is 18.4 Å². The number of nitrogens with one attached hydrogen (secondary N) is 1. The van der Waals surface area contributed by atoms with Gasteiger partial charge in [0, 0.05) is 42.2 Å². The molecule has 6 aliphatic rings. The van der Waals surface area contributed by atoms with E-state index in [9.17, 15) is 24.3 Å². The molecule has 1 aromatic carbocycles. The van der Waals surface area contributed by atoms with Gasteiger partial charge in [0.2, 0.25) is 5.91 Å². The van der Waals surface area contributed by atoms with Crippen molar-refractivity contribution in [3.63, 3.8) is 0 Å². The lowest BCUT2D eigenvalue weighted by Gasteiger charge is -2.69. The van der Waals surface area contributed by atoms with Crippen LogP contribution in [0, 0.1) is 74.9 Å². The Morgan fingerprint density at radius 3 is 2.25 bits per heavy atom. The summed E-state index contributed by atoms with van der Waals surface area (Å²) in [5.74, 6) is 1.76. The Kier molecular flexibility index (Phi) is 9.73. The molecule has 7 rings (SSSR count). The molecule has 0 bridgehead atoms. The van der Waals surface area contributed by atoms with Crippen molar-refractivity contribution >= 4 is 35.0 Å². The van der Waals surface area contributed by atoms with Gasteiger partial charge in [0.1, 0.15) is 5.78 Å². The van der Waals surface area contributed by atoms with Gasteiger partial charge in [-0.2, -0.15) is 0 Å². The van der Waals surface area contributed by atoms with Crippen LogP contribution < -0.4 is 5.32 Å². The van der Waals surface area contributed by atoms with E-state index in [1.807, 2.05) is 31.2 Å². The third-order valence-electron chi connectivity index (χ3n) is 16.8. The lowest BCUT2D eigenvalue weighted by Crippen LogP contribution is -2.62. The summed E-state index contributed by atoms with van der Waals surface area (Å²) in [6.07, 6.45) is 10.7. The van der Waals surface area contributed by atoms with Crippen LogP contribution in [-0.4, -0.2) is 28.5 Å². The number of carbonyl (C=O) groups is 4. The number of hydrogen-bond acceptors (Lipinski definition) is 4. The number of amides is 1. The van der Waals surface area contributed by atoms with Crippen LogP contribution in [0.2, 0.25) is 5.02 Å². The first-order valence-electron chi connectivity index (χ1n) is 20.5. The lowest BCUT2D eigenvalue weighted by molar-refractivity contribution is -0.193. The van der Waals surface area contributed by atoms with E-state index < -0.39 is 5.97 Å². The molecule has 0 aromatic heterocycles. The number of halogens is 1. The predicted molar refractivity (Wildman–Crippen MR) is 204 cm³/mol. The zero-order chi connectivity index (χ0) is 37.5. The normalized spacial score (nSPS) is 40.6. The number of carbonyl (C=O) groups excluding carboxylic acids is 3. The van der Waals surface area contributed by atoms with Gasteiger partial charge in [0.05, 0.1) is 5.92 Å². The van der Waals surface area contributed by atoms with Crippen LogP contribution in [0.15, 0.2) is 35.4 Å². The van der Waals surface area contributed by atoms with Gasteiger partial charge in [0.15, 0.2) is 5.78 Å². The number of carboxylic acid groups (broad SMARTS) is 1. The van der Waals surface area contributed by atoms with Crippen molar-refractivity contribution in [3.8, 4) is 0 Å². The third kappa shape index (κ3) is 5.95. The van der Waals surface area contributed by atoms with Crippen LogP contribution in [0.4, 0.5) is 0 Å². The van der Waals surface area contributed by atoms with Gasteiger partial charge >= 0.3 is 5.97 Å². The van der Waals surface area contributed by atoms with E-state index in [0.717, 1.165) is 49.7 Å². The first-order chi connectivity index (χ1) is 24.4. The Bertz CT molecular complexity index is 1660. The Labute approximate surface area is 316 Å². The van der Waals surface area contributed by atoms with Crippen LogP contribution in [0.1, 0.15) is 131 Å². The minimum absolute atomic E-state index is 0.0302. The van der Waals surface area contributed by atoms with Crippen LogP contribution in [0.5, 0.6) is 0 Å². The van der Waals surface area contributed by atoms with E-state index in [1.54, 1.807) is 0 Å². The molecule has 0 heterocycles. The molecule has 1 amide bonds. The topological polar surface area (TPSA) is 101 Å². The number of fused-ring (bicyclic) bond motifs is 7. The average Bonchev–Trinajstić information content (AvgIpc) is 3.36. The summed E-state index contributed by atoms with van der Waals surface area (Å²) >= 11 is 6.08. The molecule has 0 saturated heterocycles. The molecular weight excluding hydrogens is 670 g/mol. The van der Waals surface area contributed by atoms with E-state index in [0.29, 0.717) is 66.8 Å². The van der Waals surface area contributed by atoms with Crippen molar-refractivity contribution in [1.29, 1.82) is 0 Å². The zero-order valence-corrected chi connectivity index (χ0v) is 33.4. The van der Waals surface area contributed by atoms with Gasteiger partial charge in [-0.3, -0.25) is 19.2 Å². The summed E-state index contributed by atoms with van der Waals surface area (Å²) in [5, 5.41) is 13.4. The SMILES string of the molecule is CC(C)C1=C2C3CCC4C(C)(CCC5C(C)(C)C(CC(=O)C6CC(C(=O)O)C6C)CCC54C)C3CCC2(CC(=O)NCc2ccc(Cl)cc2)CC1=O. The average molecular weight is 732 g/mol. The standard InChI is InChI=1S/C45H62ClNO5/c1-25(2)39-35(49)22-45(23-38(50)47-24-27-8-10-29(46)11-9-27)19-15-33-30(40(39)45)12-13-37-43(33,6)18-16-36-42(4,5)28(14-17-44(36,37)7)20-34(48)31-21-32(26(31)3)41(51)52/h8-11,25-26,28,30-33,36-37H,12-24H2,1-7H3,(H,47,50)(H,51,52). The first-order valence-corrected chi connectivity index (χ1v) is 20.8. The summed E-state index contributed by atoms with van der Waals surface area (Å²) in [6, 6.07) is 7.59. The van der Waals surface area contributed by atoms with Crippen molar-refractivity contribution in [2.24, 2.45) is 74.9 Å². The van der Waals surface area contributed by atoms with Gasteiger partial charge in [-0.25, -0.2) is 0 Å². The van der Waals surface area contributed by atoms with Gasteiger partial charge in [-0.15, -0.1) is 0 Å². The molecule has 52 heavy (non-hydrogen) atoms. The molecule has 0 spiro atoms. The molecule has 6 nitrogen and oxygen atoms in total. The molecule has 5 saturated carbocycles. The largest absolute Gasteiger partial charge is 0.481 e. The highest BCUT2D eigenvalue weighted by atomic mass is 35.5. The highest BCUT2D eigenvalue weighted by Crippen LogP contribution is 2.74. The van der Waals surface area contributed by atoms with Crippen LogP contribution >= 0.6 is 11.6 Å². The second kappa shape index (κ2) is 13.4. The number of rotatable bonds is 9. The lowest BCUT2D eigenvalue weighted by atomic mass is 9.35. The molecule has 2 N–H and O–H groups in total. The summed E-state index contributed by atoms with van der Waals surface area (Å²) in [6.45, 7) is 16.8. The quantitative estimate of drug-likeness (QED) is 0.263. The summed E-state index contributed by atoms with van der Waals surface area (Å²) in [5.41, 5.74) is 3.42. The van der Waals surface area contributed by atoms with Crippen molar-refractivity contribution < 1.29 is 24.3 Å². The van der Waals surface area contributed by atoms with Crippen LogP contribution in [0.25, 0.3) is 0 Å². The van der Waals surface area contributed by atoms with Crippen LogP contribution in [0.3, 0.4) is 0 Å². The molecular formula is C45H62ClNO5. The summed E-state index contributed by atoms with van der Waals surface area (Å²) < 4.78 is 0. The highest BCUT2D eigenvalue weighted by molar-refractivity contribution is 6.30. The molecule has 11 atom stereocenters. The molecule has 0 radical (unpaired) electrons. The maximum atomic E-state index is 13.9. The van der Waals surface area contributed by atoms with Crippen molar-refractivity contribution in [1.82, 2.24) is 5.32 Å². The third-order valence-corrected chi connectivity index (χ3v) is 17.1. The minimum atomic E-state index is -0.763. The van der Waals surface area contributed by atoms with Gasteiger partial charge in [0.25, 0.3) is 0 Å². The Balaban J connectivity index is 1.10. The maximum Gasteiger partial charge on any atom is 0.306 e. The van der Waals surface area contributed by atoms with Gasteiger partial charge < -0.3 is 10.4 Å². The fourth-order valence-corrected chi connectivity index (χ4v) is 14.3. The smallest absolute Gasteiger partial charge is 0.306 e. The molecule has 0 aliphatic heterocycles.